The van der Waals surface area contributed by atoms with Gasteiger partial charge in [0.15, 0.2) is 0 Å². The van der Waals surface area contributed by atoms with Crippen molar-refractivity contribution in [2.24, 2.45) is 0 Å². The summed E-state index contributed by atoms with van der Waals surface area (Å²) < 4.78 is 20.5. The molecule has 33 heavy (non-hydrogen) atoms. The van der Waals surface area contributed by atoms with Crippen LogP contribution in [0.5, 0.6) is 0 Å². The lowest BCUT2D eigenvalue weighted by atomic mass is 10.0. The Kier molecular flexibility index (Phi) is 25.7. The number of hydrogen-bond donors (Lipinski definition) is 0. The fraction of sp³-hybridized carbons (Fsp3) is 0.852. The summed E-state index contributed by atoms with van der Waals surface area (Å²) in [5.41, 5.74) is 0. The molecular weight excluding hydrogens is 420 g/mol. The number of carbonyl (C=O) groups is 2. The first-order valence-electron chi connectivity index (χ1n) is 13.3. The van der Waals surface area contributed by atoms with E-state index in [1.54, 1.807) is 0 Å². The summed E-state index contributed by atoms with van der Waals surface area (Å²) in [6.07, 6.45) is 21.3. The van der Waals surface area contributed by atoms with E-state index in [4.69, 9.17) is 18.9 Å². The van der Waals surface area contributed by atoms with E-state index in [0.717, 1.165) is 18.9 Å². The van der Waals surface area contributed by atoms with Gasteiger partial charge in [-0.1, -0.05) is 103 Å². The van der Waals surface area contributed by atoms with Crippen molar-refractivity contribution in [1.82, 2.24) is 0 Å². The average Bonchev–Trinajstić information content (AvgIpc) is 2.82. The van der Waals surface area contributed by atoms with Crippen LogP contribution in [0, 0.1) is 0 Å². The zero-order valence-electron chi connectivity index (χ0n) is 21.3. The molecule has 0 atom stereocenters. The van der Waals surface area contributed by atoms with Crippen LogP contribution < -0.4 is 0 Å². The van der Waals surface area contributed by atoms with Gasteiger partial charge < -0.3 is 18.9 Å². The fourth-order valence-corrected chi connectivity index (χ4v) is 3.51. The molecule has 0 heterocycles. The van der Waals surface area contributed by atoms with Gasteiger partial charge in [0.2, 0.25) is 0 Å². The van der Waals surface area contributed by atoms with Crippen LogP contribution in [0.1, 0.15) is 110 Å². The first kappa shape index (κ1) is 31.6. The Bertz CT molecular complexity index is 452. The van der Waals surface area contributed by atoms with Crippen molar-refractivity contribution in [3.05, 3.63) is 12.7 Å². The molecule has 0 aliphatic carbocycles. The lowest BCUT2D eigenvalue weighted by Gasteiger charge is -2.07. The molecule has 6 heteroatoms. The van der Waals surface area contributed by atoms with Gasteiger partial charge in [-0.15, -0.1) is 0 Å². The zero-order valence-corrected chi connectivity index (χ0v) is 21.3. The molecule has 0 aromatic heterocycles. The van der Waals surface area contributed by atoms with Gasteiger partial charge in [-0.2, -0.15) is 0 Å². The lowest BCUT2D eigenvalue weighted by molar-refractivity contribution is -0.145. The molecule has 0 radical (unpaired) electrons. The van der Waals surface area contributed by atoms with Crippen molar-refractivity contribution in [3.63, 3.8) is 0 Å². The number of hydrogen-bond acceptors (Lipinski definition) is 6. The maximum atomic E-state index is 11.7. The summed E-state index contributed by atoms with van der Waals surface area (Å²) in [6, 6.07) is 0. The summed E-state index contributed by atoms with van der Waals surface area (Å²) in [6.45, 7) is 7.53. The number of unbranched alkanes of at least 4 members (excludes halogenated alkanes) is 14. The van der Waals surface area contributed by atoms with E-state index in [0.29, 0.717) is 32.8 Å². The Labute approximate surface area is 202 Å². The monoisotopic (exact) mass is 470 g/mol. The normalized spacial score (nSPS) is 10.8. The Morgan fingerprint density at radius 1 is 0.576 bits per heavy atom. The summed E-state index contributed by atoms with van der Waals surface area (Å²) >= 11 is 0. The van der Waals surface area contributed by atoms with E-state index in [9.17, 15) is 9.59 Å². The van der Waals surface area contributed by atoms with E-state index in [2.05, 4.69) is 13.5 Å². The van der Waals surface area contributed by atoms with Gasteiger partial charge in [-0.25, -0.2) is 4.79 Å². The van der Waals surface area contributed by atoms with E-state index in [1.165, 1.54) is 83.5 Å². The van der Waals surface area contributed by atoms with Gasteiger partial charge in [0.05, 0.1) is 26.4 Å². The van der Waals surface area contributed by atoms with Gasteiger partial charge in [0, 0.05) is 12.5 Å². The van der Waals surface area contributed by atoms with Crippen molar-refractivity contribution >= 4 is 11.9 Å². The van der Waals surface area contributed by atoms with Crippen LogP contribution in [0.2, 0.25) is 0 Å². The Morgan fingerprint density at radius 2 is 0.970 bits per heavy atom. The average molecular weight is 471 g/mol. The molecule has 0 spiro atoms. The molecule has 0 aliphatic rings. The fourth-order valence-electron chi connectivity index (χ4n) is 3.51. The summed E-state index contributed by atoms with van der Waals surface area (Å²) in [5, 5.41) is 0. The Hall–Kier alpha value is -1.40. The largest absolute Gasteiger partial charge is 0.463 e. The molecule has 0 bridgehead atoms. The second kappa shape index (κ2) is 26.8. The van der Waals surface area contributed by atoms with Crippen LogP contribution in [0.15, 0.2) is 12.7 Å². The molecule has 0 N–H and O–H groups in total. The third-order valence-corrected chi connectivity index (χ3v) is 5.49. The second-order valence-corrected chi connectivity index (χ2v) is 8.52. The first-order chi connectivity index (χ1) is 16.2. The quantitative estimate of drug-likeness (QED) is 0.0810. The predicted molar refractivity (Wildman–Crippen MR) is 133 cm³/mol. The lowest BCUT2D eigenvalue weighted by Crippen LogP contribution is -2.14. The van der Waals surface area contributed by atoms with Gasteiger partial charge >= 0.3 is 11.9 Å². The minimum Gasteiger partial charge on any atom is -0.463 e. The van der Waals surface area contributed by atoms with Gasteiger partial charge in [0.25, 0.3) is 0 Å². The molecule has 0 amide bonds. The van der Waals surface area contributed by atoms with Crippen LogP contribution >= 0.6 is 0 Å². The van der Waals surface area contributed by atoms with E-state index >= 15 is 0 Å². The van der Waals surface area contributed by atoms with Crippen molar-refractivity contribution in [3.8, 4) is 0 Å². The van der Waals surface area contributed by atoms with Crippen molar-refractivity contribution in [2.45, 2.75) is 110 Å². The SMILES string of the molecule is C=CC(=O)OCCOCCOCCOC(=O)CCCCCCCCCCCCCCCCC. The van der Waals surface area contributed by atoms with E-state index in [1.807, 2.05) is 0 Å². The molecule has 0 fully saturated rings. The number of ether oxygens (including phenoxy) is 4. The first-order valence-corrected chi connectivity index (χ1v) is 13.3. The van der Waals surface area contributed by atoms with E-state index < -0.39 is 5.97 Å². The highest BCUT2D eigenvalue weighted by atomic mass is 16.6. The Balaban J connectivity index is 3.17. The molecule has 0 aromatic carbocycles. The molecular formula is C27H50O6. The van der Waals surface area contributed by atoms with Gasteiger partial charge in [0.1, 0.15) is 13.2 Å². The minimum atomic E-state index is -0.457. The van der Waals surface area contributed by atoms with Gasteiger partial charge in [-0.05, 0) is 6.42 Å². The predicted octanol–water partition coefficient (Wildman–Crippen LogP) is 6.55. The highest BCUT2D eigenvalue weighted by Crippen LogP contribution is 2.13. The maximum Gasteiger partial charge on any atom is 0.330 e. The van der Waals surface area contributed by atoms with Crippen molar-refractivity contribution in [2.75, 3.05) is 39.6 Å². The van der Waals surface area contributed by atoms with Crippen LogP contribution in [0.25, 0.3) is 0 Å². The molecule has 194 valence electrons. The van der Waals surface area contributed by atoms with E-state index in [-0.39, 0.29) is 19.2 Å². The molecule has 0 aliphatic heterocycles. The number of carbonyl (C=O) groups excluding carboxylic acids is 2. The molecule has 0 unspecified atom stereocenters. The third kappa shape index (κ3) is 26.7. The van der Waals surface area contributed by atoms with Crippen molar-refractivity contribution in [1.29, 1.82) is 0 Å². The minimum absolute atomic E-state index is 0.145. The molecule has 0 saturated heterocycles. The van der Waals surface area contributed by atoms with Crippen molar-refractivity contribution < 1.29 is 28.5 Å². The highest BCUT2D eigenvalue weighted by Gasteiger charge is 2.03. The van der Waals surface area contributed by atoms with Crippen LogP contribution in [0.4, 0.5) is 0 Å². The zero-order chi connectivity index (χ0) is 24.2. The van der Waals surface area contributed by atoms with Crippen LogP contribution in [-0.4, -0.2) is 51.6 Å². The molecule has 0 rings (SSSR count). The summed E-state index contributed by atoms with van der Waals surface area (Å²) in [7, 11) is 0. The molecule has 6 nitrogen and oxygen atoms in total. The summed E-state index contributed by atoms with van der Waals surface area (Å²) in [4.78, 5) is 22.5. The highest BCUT2D eigenvalue weighted by molar-refractivity contribution is 5.81. The number of rotatable bonds is 26. The maximum absolute atomic E-state index is 11.7. The Morgan fingerprint density at radius 3 is 1.42 bits per heavy atom. The standard InChI is InChI=1S/C27H50O6/c1-3-5-6-7-8-9-10-11-12-13-14-15-16-17-18-19-27(29)33-25-23-31-21-20-30-22-24-32-26(28)4-2/h4H,2-3,5-25H2,1H3. The molecule has 0 aromatic rings. The van der Waals surface area contributed by atoms with Crippen LogP contribution in [-0.2, 0) is 28.5 Å². The smallest absolute Gasteiger partial charge is 0.330 e. The molecule has 0 saturated carbocycles. The topological polar surface area (TPSA) is 71.1 Å². The summed E-state index contributed by atoms with van der Waals surface area (Å²) in [5.74, 6) is -0.602. The third-order valence-electron chi connectivity index (χ3n) is 5.49. The number of esters is 2. The van der Waals surface area contributed by atoms with Crippen LogP contribution in [0.3, 0.4) is 0 Å². The second-order valence-electron chi connectivity index (χ2n) is 8.52. The van der Waals surface area contributed by atoms with Gasteiger partial charge in [-0.3, -0.25) is 4.79 Å².